The number of likely N-dealkylation sites (tertiary alicyclic amines) is 1. The zero-order valence-electron chi connectivity index (χ0n) is 13.3. The number of hydrogen-bond acceptors (Lipinski definition) is 4. The summed E-state index contributed by atoms with van der Waals surface area (Å²) in [5.74, 6) is 1.30. The molecule has 1 N–H and O–H groups in total. The Hall–Kier alpha value is -2.24. The third kappa shape index (κ3) is 3.75. The molecular formula is C17H22N2O4. The number of nitrogens with zero attached hydrogens (tertiary/aromatic N) is 1. The maximum Gasteiger partial charge on any atom is 0.251 e. The van der Waals surface area contributed by atoms with Gasteiger partial charge < -0.3 is 19.7 Å². The Kier molecular flexibility index (Phi) is 4.69. The molecule has 0 unspecified atom stereocenters. The van der Waals surface area contributed by atoms with Gasteiger partial charge in [-0.2, -0.15) is 0 Å². The van der Waals surface area contributed by atoms with Gasteiger partial charge in [-0.25, -0.2) is 0 Å². The SMILES string of the molecule is CC(=O)N1CCC(NC(=O)c2ccc3c(c2)OCCCO3)CC1. The number of carbonyl (C=O) groups excluding carboxylic acids is 2. The van der Waals surface area contributed by atoms with Crippen LogP contribution in [0.2, 0.25) is 0 Å². The number of hydrogen-bond donors (Lipinski definition) is 1. The van der Waals surface area contributed by atoms with Crippen LogP contribution in [-0.2, 0) is 4.79 Å². The van der Waals surface area contributed by atoms with E-state index in [0.717, 1.165) is 19.3 Å². The summed E-state index contributed by atoms with van der Waals surface area (Å²) in [6.07, 6.45) is 2.41. The number of amides is 2. The Labute approximate surface area is 135 Å². The molecule has 1 saturated heterocycles. The van der Waals surface area contributed by atoms with E-state index in [2.05, 4.69) is 5.32 Å². The van der Waals surface area contributed by atoms with Gasteiger partial charge in [0.25, 0.3) is 5.91 Å². The minimum absolute atomic E-state index is 0.0951. The highest BCUT2D eigenvalue weighted by atomic mass is 16.5. The lowest BCUT2D eigenvalue weighted by molar-refractivity contribution is -0.129. The number of nitrogens with one attached hydrogen (secondary N) is 1. The summed E-state index contributed by atoms with van der Waals surface area (Å²) < 4.78 is 11.2. The molecule has 0 atom stereocenters. The molecule has 0 aromatic heterocycles. The Morgan fingerprint density at radius 2 is 1.83 bits per heavy atom. The van der Waals surface area contributed by atoms with Crippen molar-refractivity contribution in [3.05, 3.63) is 23.8 Å². The predicted octanol–water partition coefficient (Wildman–Crippen LogP) is 1.59. The second-order valence-corrected chi connectivity index (χ2v) is 5.97. The molecule has 6 heteroatoms. The highest BCUT2D eigenvalue weighted by Gasteiger charge is 2.23. The van der Waals surface area contributed by atoms with Gasteiger partial charge in [0.1, 0.15) is 0 Å². The molecule has 3 rings (SSSR count). The molecule has 1 fully saturated rings. The number of fused-ring (bicyclic) bond motifs is 1. The molecule has 2 heterocycles. The second kappa shape index (κ2) is 6.89. The maximum atomic E-state index is 12.4. The Morgan fingerprint density at radius 3 is 2.52 bits per heavy atom. The molecule has 124 valence electrons. The van der Waals surface area contributed by atoms with Crippen LogP contribution in [0.3, 0.4) is 0 Å². The molecule has 0 saturated carbocycles. The van der Waals surface area contributed by atoms with Crippen LogP contribution < -0.4 is 14.8 Å². The van der Waals surface area contributed by atoms with Crippen LogP contribution >= 0.6 is 0 Å². The lowest BCUT2D eigenvalue weighted by atomic mass is 10.0. The van der Waals surface area contributed by atoms with Gasteiger partial charge in [0.15, 0.2) is 11.5 Å². The number of rotatable bonds is 2. The van der Waals surface area contributed by atoms with Crippen LogP contribution in [-0.4, -0.2) is 49.1 Å². The zero-order valence-corrected chi connectivity index (χ0v) is 13.3. The van der Waals surface area contributed by atoms with E-state index in [4.69, 9.17) is 9.47 Å². The molecular weight excluding hydrogens is 296 g/mol. The van der Waals surface area contributed by atoms with Gasteiger partial charge >= 0.3 is 0 Å². The van der Waals surface area contributed by atoms with E-state index in [0.29, 0.717) is 43.4 Å². The number of carbonyl (C=O) groups is 2. The van der Waals surface area contributed by atoms with E-state index in [1.165, 1.54) is 0 Å². The van der Waals surface area contributed by atoms with Gasteiger partial charge in [0.05, 0.1) is 13.2 Å². The lowest BCUT2D eigenvalue weighted by Crippen LogP contribution is -2.46. The fourth-order valence-electron chi connectivity index (χ4n) is 2.91. The first kappa shape index (κ1) is 15.6. The summed E-state index contributed by atoms with van der Waals surface area (Å²) in [5.41, 5.74) is 0.572. The monoisotopic (exact) mass is 318 g/mol. The minimum atomic E-state index is -0.109. The molecule has 2 amide bonds. The van der Waals surface area contributed by atoms with Crippen LogP contribution in [0.5, 0.6) is 11.5 Å². The summed E-state index contributed by atoms with van der Waals surface area (Å²) in [4.78, 5) is 25.6. The smallest absolute Gasteiger partial charge is 0.251 e. The first-order chi connectivity index (χ1) is 11.1. The van der Waals surface area contributed by atoms with Crippen molar-refractivity contribution in [3.63, 3.8) is 0 Å². The van der Waals surface area contributed by atoms with Gasteiger partial charge in [0, 0.05) is 38.0 Å². The average molecular weight is 318 g/mol. The van der Waals surface area contributed by atoms with Crippen molar-refractivity contribution < 1.29 is 19.1 Å². The Balaban J connectivity index is 1.60. The molecule has 1 aromatic rings. The first-order valence-electron chi connectivity index (χ1n) is 8.09. The van der Waals surface area contributed by atoms with E-state index in [1.54, 1.807) is 25.1 Å². The lowest BCUT2D eigenvalue weighted by Gasteiger charge is -2.31. The standard InChI is InChI=1S/C17H22N2O4/c1-12(20)19-7-5-14(6-8-19)18-17(21)13-3-4-15-16(11-13)23-10-2-9-22-15/h3-4,11,14H,2,5-10H2,1H3,(H,18,21). The van der Waals surface area contributed by atoms with E-state index in [-0.39, 0.29) is 17.9 Å². The van der Waals surface area contributed by atoms with Gasteiger partial charge in [-0.15, -0.1) is 0 Å². The van der Waals surface area contributed by atoms with Crippen molar-refractivity contribution >= 4 is 11.8 Å². The largest absolute Gasteiger partial charge is 0.490 e. The van der Waals surface area contributed by atoms with E-state index >= 15 is 0 Å². The number of piperidine rings is 1. The molecule has 2 aliphatic heterocycles. The number of ether oxygens (including phenoxy) is 2. The molecule has 23 heavy (non-hydrogen) atoms. The molecule has 0 bridgehead atoms. The van der Waals surface area contributed by atoms with Crippen LogP contribution in [0.4, 0.5) is 0 Å². The topological polar surface area (TPSA) is 67.9 Å². The number of benzene rings is 1. The highest BCUT2D eigenvalue weighted by Crippen LogP contribution is 2.30. The molecule has 1 aromatic carbocycles. The van der Waals surface area contributed by atoms with Gasteiger partial charge in [-0.3, -0.25) is 9.59 Å². The van der Waals surface area contributed by atoms with Crippen LogP contribution in [0, 0.1) is 0 Å². The normalized spacial score (nSPS) is 18.2. The van der Waals surface area contributed by atoms with Crippen molar-refractivity contribution in [2.45, 2.75) is 32.2 Å². The first-order valence-corrected chi connectivity index (χ1v) is 8.09. The van der Waals surface area contributed by atoms with Gasteiger partial charge in [0.2, 0.25) is 5.91 Å². The third-order valence-corrected chi connectivity index (χ3v) is 4.29. The summed E-state index contributed by atoms with van der Waals surface area (Å²) >= 11 is 0. The Morgan fingerprint density at radius 1 is 1.13 bits per heavy atom. The minimum Gasteiger partial charge on any atom is -0.490 e. The van der Waals surface area contributed by atoms with Crippen molar-refractivity contribution in [2.75, 3.05) is 26.3 Å². The Bertz CT molecular complexity index is 594. The fraction of sp³-hybridized carbons (Fsp3) is 0.529. The summed E-state index contributed by atoms with van der Waals surface area (Å²) in [6.45, 7) is 4.20. The van der Waals surface area contributed by atoms with Gasteiger partial charge in [-0.05, 0) is 31.0 Å². The van der Waals surface area contributed by atoms with Crippen molar-refractivity contribution in [2.24, 2.45) is 0 Å². The quantitative estimate of drug-likeness (QED) is 0.899. The van der Waals surface area contributed by atoms with E-state index in [1.807, 2.05) is 4.90 Å². The predicted molar refractivity (Wildman–Crippen MR) is 84.8 cm³/mol. The summed E-state index contributed by atoms with van der Waals surface area (Å²) in [5, 5.41) is 3.04. The molecule has 6 nitrogen and oxygen atoms in total. The second-order valence-electron chi connectivity index (χ2n) is 5.97. The van der Waals surface area contributed by atoms with E-state index in [9.17, 15) is 9.59 Å². The molecule has 0 radical (unpaired) electrons. The molecule has 0 spiro atoms. The zero-order chi connectivity index (χ0) is 16.2. The van der Waals surface area contributed by atoms with Crippen LogP contribution in [0.1, 0.15) is 36.5 Å². The van der Waals surface area contributed by atoms with Crippen molar-refractivity contribution in [1.29, 1.82) is 0 Å². The maximum absolute atomic E-state index is 12.4. The van der Waals surface area contributed by atoms with Crippen LogP contribution in [0.25, 0.3) is 0 Å². The fourth-order valence-corrected chi connectivity index (χ4v) is 2.91. The summed E-state index contributed by atoms with van der Waals surface area (Å²) in [7, 11) is 0. The molecule has 0 aliphatic carbocycles. The highest BCUT2D eigenvalue weighted by molar-refractivity contribution is 5.95. The van der Waals surface area contributed by atoms with Crippen molar-refractivity contribution in [1.82, 2.24) is 10.2 Å². The summed E-state index contributed by atoms with van der Waals surface area (Å²) in [6, 6.07) is 5.39. The molecule has 2 aliphatic rings. The van der Waals surface area contributed by atoms with E-state index < -0.39 is 0 Å². The van der Waals surface area contributed by atoms with Gasteiger partial charge in [-0.1, -0.05) is 0 Å². The van der Waals surface area contributed by atoms with Crippen LogP contribution in [0.15, 0.2) is 18.2 Å². The average Bonchev–Trinajstić information content (AvgIpc) is 2.79. The van der Waals surface area contributed by atoms with Crippen molar-refractivity contribution in [3.8, 4) is 11.5 Å². The third-order valence-electron chi connectivity index (χ3n) is 4.29.